The summed E-state index contributed by atoms with van der Waals surface area (Å²) in [4.78, 5) is 20.8. The van der Waals surface area contributed by atoms with Gasteiger partial charge < -0.3 is 14.5 Å². The molecule has 0 aromatic rings. The number of rotatable bonds is 4. The Kier molecular flexibility index (Phi) is 6.53. The molecule has 142 valence electrons. The molecule has 0 aromatic heterocycles. The summed E-state index contributed by atoms with van der Waals surface area (Å²) in [6, 6.07) is 0. The summed E-state index contributed by atoms with van der Waals surface area (Å²) in [6.07, 6.45) is 5.91. The summed E-state index contributed by atoms with van der Waals surface area (Å²) in [5.41, 5.74) is 1.11. The lowest BCUT2D eigenvalue weighted by atomic mass is 9.93. The zero-order valence-corrected chi connectivity index (χ0v) is 16.8. The molecule has 2 rings (SSSR count). The molecule has 1 saturated heterocycles. The van der Waals surface area contributed by atoms with Crippen LogP contribution in [-0.4, -0.2) is 60.6 Å². The van der Waals surface area contributed by atoms with Gasteiger partial charge >= 0.3 is 6.09 Å². The molecule has 1 aliphatic heterocycles. The van der Waals surface area contributed by atoms with Gasteiger partial charge in [0, 0.05) is 33.2 Å². The molecule has 0 radical (unpaired) electrons. The predicted molar refractivity (Wildman–Crippen MR) is 103 cm³/mol. The summed E-state index contributed by atoms with van der Waals surface area (Å²) < 4.78 is 5.48. The number of amidine groups is 1. The number of hydrogen-bond donors (Lipinski definition) is 0. The van der Waals surface area contributed by atoms with Crippen LogP contribution in [0, 0.1) is 11.8 Å². The van der Waals surface area contributed by atoms with Gasteiger partial charge in [-0.2, -0.15) is 0 Å². The first kappa shape index (κ1) is 19.8. The Balaban J connectivity index is 1.97. The van der Waals surface area contributed by atoms with Crippen LogP contribution in [0.5, 0.6) is 0 Å². The molecule has 1 amide bonds. The number of carbonyl (C=O) groups excluding carboxylic acids is 1. The van der Waals surface area contributed by atoms with E-state index in [0.717, 1.165) is 24.8 Å². The second-order valence-corrected chi connectivity index (χ2v) is 8.26. The molecule has 5 nitrogen and oxygen atoms in total. The topological polar surface area (TPSA) is 45.1 Å². The number of amides is 1. The van der Waals surface area contributed by atoms with Crippen molar-refractivity contribution in [3.05, 3.63) is 11.6 Å². The number of piperazine rings is 1. The van der Waals surface area contributed by atoms with Gasteiger partial charge in [-0.25, -0.2) is 4.79 Å². The van der Waals surface area contributed by atoms with Gasteiger partial charge in [-0.15, -0.1) is 0 Å². The summed E-state index contributed by atoms with van der Waals surface area (Å²) in [6.45, 7) is 13.3. The van der Waals surface area contributed by atoms with Crippen LogP contribution in [0.15, 0.2) is 16.6 Å². The highest BCUT2D eigenvalue weighted by Gasteiger charge is 2.30. The van der Waals surface area contributed by atoms with E-state index >= 15 is 0 Å². The molecule has 2 aliphatic rings. The van der Waals surface area contributed by atoms with Crippen molar-refractivity contribution in [3.63, 3.8) is 0 Å². The quantitative estimate of drug-likeness (QED) is 0.570. The Morgan fingerprint density at radius 2 is 1.76 bits per heavy atom. The number of aliphatic imine (C=N–C) groups is 1. The molecule has 1 aliphatic carbocycles. The van der Waals surface area contributed by atoms with Crippen molar-refractivity contribution in [2.24, 2.45) is 16.8 Å². The Morgan fingerprint density at radius 1 is 1.20 bits per heavy atom. The smallest absolute Gasteiger partial charge is 0.410 e. The molecule has 5 heteroatoms. The normalized spacial score (nSPS) is 21.4. The molecule has 25 heavy (non-hydrogen) atoms. The minimum absolute atomic E-state index is 0.212. The third kappa shape index (κ3) is 5.75. The molecule has 0 bridgehead atoms. The van der Waals surface area contributed by atoms with Crippen molar-refractivity contribution in [1.29, 1.82) is 0 Å². The number of ether oxygens (including phenoxy) is 1. The average molecular weight is 350 g/mol. The highest BCUT2D eigenvalue weighted by atomic mass is 16.6. The molecule has 1 saturated carbocycles. The summed E-state index contributed by atoms with van der Waals surface area (Å²) in [7, 11) is 1.87. The third-order valence-electron chi connectivity index (χ3n) is 5.01. The van der Waals surface area contributed by atoms with Crippen LogP contribution >= 0.6 is 0 Å². The van der Waals surface area contributed by atoms with E-state index in [-0.39, 0.29) is 6.09 Å². The molecule has 0 N–H and O–H groups in total. The van der Waals surface area contributed by atoms with Gasteiger partial charge in [0.15, 0.2) is 0 Å². The van der Waals surface area contributed by atoms with E-state index in [2.05, 4.69) is 29.8 Å². The van der Waals surface area contributed by atoms with Gasteiger partial charge in [0.2, 0.25) is 0 Å². The van der Waals surface area contributed by atoms with E-state index in [1.165, 1.54) is 19.3 Å². The van der Waals surface area contributed by atoms with Gasteiger partial charge in [-0.1, -0.05) is 19.4 Å². The zero-order valence-electron chi connectivity index (χ0n) is 16.8. The first-order chi connectivity index (χ1) is 11.7. The lowest BCUT2D eigenvalue weighted by molar-refractivity contribution is 0.0187. The van der Waals surface area contributed by atoms with Crippen molar-refractivity contribution < 1.29 is 9.53 Å². The standard InChI is InChI=1S/C20H35N3O2/c1-7-15(2)17(16-8-9-16)14-18(21-6)22-10-12-23(13-11-22)19(24)25-20(3,4)5/h14-16H,7-13H2,1-6H3/b17-14+,21-18?. The molecular formula is C20H35N3O2. The van der Waals surface area contributed by atoms with Crippen LogP contribution in [0.3, 0.4) is 0 Å². The first-order valence-electron chi connectivity index (χ1n) is 9.66. The third-order valence-corrected chi connectivity index (χ3v) is 5.01. The van der Waals surface area contributed by atoms with Crippen molar-refractivity contribution in [1.82, 2.24) is 9.80 Å². The van der Waals surface area contributed by atoms with E-state index in [1.54, 1.807) is 10.5 Å². The largest absolute Gasteiger partial charge is 0.444 e. The number of nitrogens with zero attached hydrogens (tertiary/aromatic N) is 3. The summed E-state index contributed by atoms with van der Waals surface area (Å²) in [5.74, 6) is 2.44. The van der Waals surface area contributed by atoms with E-state index in [9.17, 15) is 4.79 Å². The maximum Gasteiger partial charge on any atom is 0.410 e. The number of hydrogen-bond acceptors (Lipinski definition) is 3. The van der Waals surface area contributed by atoms with E-state index in [4.69, 9.17) is 4.74 Å². The average Bonchev–Trinajstić information content (AvgIpc) is 3.39. The van der Waals surface area contributed by atoms with E-state index in [1.807, 2.05) is 27.8 Å². The van der Waals surface area contributed by atoms with Crippen LogP contribution in [0.2, 0.25) is 0 Å². The van der Waals surface area contributed by atoms with Gasteiger partial charge in [0.25, 0.3) is 0 Å². The van der Waals surface area contributed by atoms with Gasteiger partial charge in [-0.05, 0) is 57.9 Å². The fourth-order valence-electron chi connectivity index (χ4n) is 3.21. The second kappa shape index (κ2) is 8.24. The van der Waals surface area contributed by atoms with Crippen LogP contribution in [-0.2, 0) is 4.74 Å². The molecule has 1 unspecified atom stereocenters. The minimum Gasteiger partial charge on any atom is -0.444 e. The van der Waals surface area contributed by atoms with Crippen molar-refractivity contribution in [2.75, 3.05) is 33.2 Å². The van der Waals surface area contributed by atoms with Crippen molar-refractivity contribution >= 4 is 11.9 Å². The van der Waals surface area contributed by atoms with E-state index < -0.39 is 5.60 Å². The maximum atomic E-state index is 12.2. The predicted octanol–water partition coefficient (Wildman–Crippen LogP) is 3.95. The number of allylic oxidation sites excluding steroid dienone is 1. The molecule has 1 heterocycles. The maximum absolute atomic E-state index is 12.2. The highest BCUT2D eigenvalue weighted by Crippen LogP contribution is 2.41. The van der Waals surface area contributed by atoms with Crippen LogP contribution in [0.1, 0.15) is 53.9 Å². The van der Waals surface area contributed by atoms with Crippen molar-refractivity contribution in [3.8, 4) is 0 Å². The van der Waals surface area contributed by atoms with Crippen LogP contribution < -0.4 is 0 Å². The molecular weight excluding hydrogens is 314 g/mol. The zero-order chi connectivity index (χ0) is 18.6. The lowest BCUT2D eigenvalue weighted by Gasteiger charge is -2.36. The van der Waals surface area contributed by atoms with Gasteiger partial charge in [0.05, 0.1) is 0 Å². The summed E-state index contributed by atoms with van der Waals surface area (Å²) in [5, 5.41) is 0. The monoisotopic (exact) mass is 349 g/mol. The SMILES string of the molecule is CCC(C)/C(=C\C(=NC)N1CCN(C(=O)OC(C)(C)C)CC1)C1CC1. The fraction of sp³-hybridized carbons (Fsp3) is 0.800. The first-order valence-corrected chi connectivity index (χ1v) is 9.66. The van der Waals surface area contributed by atoms with Crippen LogP contribution in [0.25, 0.3) is 0 Å². The second-order valence-electron chi connectivity index (χ2n) is 8.26. The molecule has 0 aromatic carbocycles. The molecule has 1 atom stereocenters. The summed E-state index contributed by atoms with van der Waals surface area (Å²) >= 11 is 0. The highest BCUT2D eigenvalue weighted by molar-refractivity contribution is 5.94. The van der Waals surface area contributed by atoms with Gasteiger partial charge in [-0.3, -0.25) is 4.99 Å². The minimum atomic E-state index is -0.442. The van der Waals surface area contributed by atoms with Gasteiger partial charge in [0.1, 0.15) is 11.4 Å². The lowest BCUT2D eigenvalue weighted by Crippen LogP contribution is -2.51. The van der Waals surface area contributed by atoms with Crippen molar-refractivity contribution in [2.45, 2.75) is 59.5 Å². The molecule has 0 spiro atoms. The fourth-order valence-corrected chi connectivity index (χ4v) is 3.21. The molecule has 2 fully saturated rings. The number of carbonyl (C=O) groups is 1. The Bertz CT molecular complexity index is 522. The van der Waals surface area contributed by atoms with Crippen LogP contribution in [0.4, 0.5) is 4.79 Å². The Labute approximate surface area is 153 Å². The van der Waals surface area contributed by atoms with E-state index in [0.29, 0.717) is 19.0 Å². The Hall–Kier alpha value is -1.52. The Morgan fingerprint density at radius 3 is 2.20 bits per heavy atom.